The third-order valence-corrected chi connectivity index (χ3v) is 4.60. The highest BCUT2D eigenvalue weighted by molar-refractivity contribution is 6.29. The summed E-state index contributed by atoms with van der Waals surface area (Å²) < 4.78 is 0. The molecule has 9 heteroatoms. The Balaban J connectivity index is 2.05. The molecule has 1 aliphatic rings. The SMILES string of the molecule is CNC(=O)c1cc(-c2cc([C@@H]3CNCCN3C(C)=O)cc(Cl)n2)nc(C)n1. The summed E-state index contributed by atoms with van der Waals surface area (Å²) in [6.07, 6.45) is 0. The zero-order valence-electron chi connectivity index (χ0n) is 15.4. The van der Waals surface area contributed by atoms with Crippen LogP contribution in [0, 0.1) is 6.92 Å². The molecule has 0 bridgehead atoms. The lowest BCUT2D eigenvalue weighted by atomic mass is 10.0. The molecule has 8 nitrogen and oxygen atoms in total. The minimum Gasteiger partial charge on any atom is -0.354 e. The highest BCUT2D eigenvalue weighted by Gasteiger charge is 2.26. The van der Waals surface area contributed by atoms with E-state index in [1.165, 1.54) is 0 Å². The summed E-state index contributed by atoms with van der Waals surface area (Å²) in [6, 6.07) is 5.05. The number of rotatable bonds is 3. The first-order chi connectivity index (χ1) is 12.9. The van der Waals surface area contributed by atoms with Crippen molar-refractivity contribution >= 4 is 23.4 Å². The van der Waals surface area contributed by atoms with Crippen LogP contribution < -0.4 is 10.6 Å². The predicted molar refractivity (Wildman–Crippen MR) is 101 cm³/mol. The number of carbonyl (C=O) groups is 2. The quantitative estimate of drug-likeness (QED) is 0.770. The van der Waals surface area contributed by atoms with Crippen molar-refractivity contribution in [2.75, 3.05) is 26.7 Å². The largest absolute Gasteiger partial charge is 0.354 e. The number of halogens is 1. The number of amides is 2. The van der Waals surface area contributed by atoms with E-state index in [2.05, 4.69) is 25.6 Å². The molecule has 0 radical (unpaired) electrons. The van der Waals surface area contributed by atoms with Crippen LogP contribution in [0.15, 0.2) is 18.2 Å². The maximum Gasteiger partial charge on any atom is 0.269 e. The normalized spacial score (nSPS) is 16.9. The van der Waals surface area contributed by atoms with Crippen LogP contribution >= 0.6 is 11.6 Å². The second-order valence-corrected chi connectivity index (χ2v) is 6.69. The Morgan fingerprint density at radius 2 is 1.96 bits per heavy atom. The van der Waals surface area contributed by atoms with E-state index in [0.717, 1.165) is 12.1 Å². The molecule has 1 aliphatic heterocycles. The van der Waals surface area contributed by atoms with E-state index < -0.39 is 0 Å². The molecule has 0 unspecified atom stereocenters. The van der Waals surface area contributed by atoms with Gasteiger partial charge in [0.2, 0.25) is 5.91 Å². The van der Waals surface area contributed by atoms with Crippen LogP contribution in [0.25, 0.3) is 11.4 Å². The first-order valence-corrected chi connectivity index (χ1v) is 9.00. The van der Waals surface area contributed by atoms with E-state index in [-0.39, 0.29) is 23.6 Å². The maximum absolute atomic E-state index is 12.0. The molecule has 0 saturated carbocycles. The average molecular weight is 389 g/mol. The van der Waals surface area contributed by atoms with Crippen molar-refractivity contribution in [3.05, 3.63) is 40.4 Å². The number of hydrogen-bond donors (Lipinski definition) is 2. The van der Waals surface area contributed by atoms with Gasteiger partial charge in [0.05, 0.1) is 17.4 Å². The van der Waals surface area contributed by atoms with Gasteiger partial charge in [-0.2, -0.15) is 0 Å². The van der Waals surface area contributed by atoms with Gasteiger partial charge in [0.15, 0.2) is 0 Å². The number of pyridine rings is 1. The van der Waals surface area contributed by atoms with Crippen molar-refractivity contribution in [1.82, 2.24) is 30.5 Å². The van der Waals surface area contributed by atoms with Gasteiger partial charge in [-0.05, 0) is 30.7 Å². The standard InChI is InChI=1S/C18H21ClN6O2/c1-10-22-14(8-15(23-10)18(27)20-3)13-6-12(7-17(19)24-13)16-9-21-4-5-25(16)11(2)26/h6-8,16,21H,4-5,9H2,1-3H3,(H,20,27)/t16-/m0/s1. The Morgan fingerprint density at radius 3 is 2.67 bits per heavy atom. The Hall–Kier alpha value is -2.58. The van der Waals surface area contributed by atoms with Crippen molar-refractivity contribution in [1.29, 1.82) is 0 Å². The Labute approximate surface area is 162 Å². The van der Waals surface area contributed by atoms with Gasteiger partial charge in [0.25, 0.3) is 5.91 Å². The van der Waals surface area contributed by atoms with Crippen LogP contribution in [0.5, 0.6) is 0 Å². The molecule has 2 aromatic heterocycles. The minimum atomic E-state index is -0.303. The number of nitrogens with one attached hydrogen (secondary N) is 2. The first kappa shape index (κ1) is 19.2. The van der Waals surface area contributed by atoms with Gasteiger partial charge >= 0.3 is 0 Å². The monoisotopic (exact) mass is 388 g/mol. The number of nitrogens with zero attached hydrogens (tertiary/aromatic N) is 4. The lowest BCUT2D eigenvalue weighted by Crippen LogP contribution is -2.47. The Morgan fingerprint density at radius 1 is 1.22 bits per heavy atom. The van der Waals surface area contributed by atoms with E-state index in [9.17, 15) is 9.59 Å². The smallest absolute Gasteiger partial charge is 0.269 e. The number of hydrogen-bond acceptors (Lipinski definition) is 6. The van der Waals surface area contributed by atoms with Crippen LogP contribution in [0.3, 0.4) is 0 Å². The summed E-state index contributed by atoms with van der Waals surface area (Å²) in [5, 5.41) is 6.15. The molecule has 2 N–H and O–H groups in total. The molecule has 0 aliphatic carbocycles. The van der Waals surface area contributed by atoms with E-state index in [4.69, 9.17) is 11.6 Å². The minimum absolute atomic E-state index is 0.00997. The Bertz CT molecular complexity index is 888. The average Bonchev–Trinajstić information content (AvgIpc) is 2.66. The van der Waals surface area contributed by atoms with Gasteiger partial charge in [-0.25, -0.2) is 15.0 Å². The topological polar surface area (TPSA) is 100 Å². The molecule has 3 rings (SSSR count). The molecule has 1 fully saturated rings. The highest BCUT2D eigenvalue weighted by Crippen LogP contribution is 2.28. The first-order valence-electron chi connectivity index (χ1n) is 8.62. The van der Waals surface area contributed by atoms with Crippen LogP contribution in [-0.4, -0.2) is 58.3 Å². The molecule has 2 aromatic rings. The third-order valence-electron chi connectivity index (χ3n) is 4.41. The van der Waals surface area contributed by atoms with Gasteiger partial charge in [0.1, 0.15) is 16.7 Å². The molecule has 1 atom stereocenters. The summed E-state index contributed by atoms with van der Waals surface area (Å²) in [6.45, 7) is 5.28. The van der Waals surface area contributed by atoms with E-state index in [0.29, 0.717) is 35.5 Å². The van der Waals surface area contributed by atoms with E-state index >= 15 is 0 Å². The van der Waals surface area contributed by atoms with Crippen molar-refractivity contribution in [2.24, 2.45) is 0 Å². The Kier molecular flexibility index (Phi) is 5.67. The van der Waals surface area contributed by atoms with Crippen molar-refractivity contribution in [2.45, 2.75) is 19.9 Å². The van der Waals surface area contributed by atoms with Gasteiger partial charge in [0, 0.05) is 33.6 Å². The molecule has 2 amide bonds. The van der Waals surface area contributed by atoms with Crippen LogP contribution in [0.1, 0.15) is 34.8 Å². The zero-order chi connectivity index (χ0) is 19.6. The third kappa shape index (κ3) is 4.23. The highest BCUT2D eigenvalue weighted by atomic mass is 35.5. The fourth-order valence-electron chi connectivity index (χ4n) is 3.16. The predicted octanol–water partition coefficient (Wildman–Crippen LogP) is 1.35. The number of piperazine rings is 1. The molecule has 0 spiro atoms. The van der Waals surface area contributed by atoms with E-state index in [1.54, 1.807) is 33.0 Å². The maximum atomic E-state index is 12.0. The molecule has 0 aromatic carbocycles. The van der Waals surface area contributed by atoms with Gasteiger partial charge in [-0.3, -0.25) is 9.59 Å². The fourth-order valence-corrected chi connectivity index (χ4v) is 3.38. The fraction of sp³-hybridized carbons (Fsp3) is 0.389. The summed E-state index contributed by atoms with van der Waals surface area (Å²) in [5.41, 5.74) is 2.16. The summed E-state index contributed by atoms with van der Waals surface area (Å²) in [7, 11) is 1.54. The van der Waals surface area contributed by atoms with Gasteiger partial charge in [-0.15, -0.1) is 0 Å². The summed E-state index contributed by atoms with van der Waals surface area (Å²) in [5.74, 6) is 0.165. The van der Waals surface area contributed by atoms with Crippen LogP contribution in [0.4, 0.5) is 0 Å². The molecular weight excluding hydrogens is 368 g/mol. The second kappa shape index (κ2) is 7.98. The lowest BCUT2D eigenvalue weighted by molar-refractivity contribution is -0.132. The van der Waals surface area contributed by atoms with Gasteiger partial charge < -0.3 is 15.5 Å². The van der Waals surface area contributed by atoms with Crippen LogP contribution in [-0.2, 0) is 4.79 Å². The number of carbonyl (C=O) groups excluding carboxylic acids is 2. The van der Waals surface area contributed by atoms with Crippen molar-refractivity contribution in [3.63, 3.8) is 0 Å². The lowest BCUT2D eigenvalue weighted by Gasteiger charge is -2.36. The molecule has 142 valence electrons. The molecule has 27 heavy (non-hydrogen) atoms. The zero-order valence-corrected chi connectivity index (χ0v) is 16.2. The second-order valence-electron chi connectivity index (χ2n) is 6.31. The van der Waals surface area contributed by atoms with E-state index in [1.807, 2.05) is 11.0 Å². The molecular formula is C18H21ClN6O2. The molecule has 3 heterocycles. The number of aromatic nitrogens is 3. The van der Waals surface area contributed by atoms with Crippen LogP contribution in [0.2, 0.25) is 5.15 Å². The summed E-state index contributed by atoms with van der Waals surface area (Å²) in [4.78, 5) is 38.7. The number of aryl methyl sites for hydroxylation is 1. The van der Waals surface area contributed by atoms with Crippen molar-refractivity contribution in [3.8, 4) is 11.4 Å². The van der Waals surface area contributed by atoms with Gasteiger partial charge in [-0.1, -0.05) is 11.6 Å². The van der Waals surface area contributed by atoms with Crippen molar-refractivity contribution < 1.29 is 9.59 Å². The molecule has 1 saturated heterocycles. The summed E-state index contributed by atoms with van der Waals surface area (Å²) >= 11 is 6.26.